The lowest BCUT2D eigenvalue weighted by Crippen LogP contribution is -2.22. The second kappa shape index (κ2) is 7.19. The molecule has 0 radical (unpaired) electrons. The molecule has 6 heteroatoms. The van der Waals surface area contributed by atoms with Gasteiger partial charge in [0.2, 0.25) is 0 Å². The Morgan fingerprint density at radius 3 is 2.85 bits per heavy atom. The first kappa shape index (κ1) is 14.7. The molecule has 0 fully saturated rings. The first-order valence-corrected chi connectivity index (χ1v) is 7.90. The molecule has 5 nitrogen and oxygen atoms in total. The van der Waals surface area contributed by atoms with Gasteiger partial charge in [-0.1, -0.05) is 20.3 Å². The van der Waals surface area contributed by atoms with Crippen molar-refractivity contribution in [3.8, 4) is 11.4 Å². The van der Waals surface area contributed by atoms with Crippen LogP contribution in [-0.2, 0) is 6.54 Å². The number of aromatic nitrogens is 3. The number of thiazole rings is 1. The predicted molar refractivity (Wildman–Crippen MR) is 83.3 cm³/mol. The van der Waals surface area contributed by atoms with Crippen LogP contribution < -0.4 is 10.9 Å². The van der Waals surface area contributed by atoms with Crippen LogP contribution in [0.15, 0.2) is 22.3 Å². The molecule has 2 heterocycles. The second-order valence-electron chi connectivity index (χ2n) is 4.60. The van der Waals surface area contributed by atoms with Crippen molar-refractivity contribution in [2.75, 3.05) is 11.9 Å². The third-order valence-electron chi connectivity index (χ3n) is 2.88. The summed E-state index contributed by atoms with van der Waals surface area (Å²) < 4.78 is 1.50. The van der Waals surface area contributed by atoms with Gasteiger partial charge in [-0.15, -0.1) is 11.3 Å². The molecule has 0 spiro atoms. The van der Waals surface area contributed by atoms with E-state index in [1.54, 1.807) is 23.5 Å². The topological polar surface area (TPSA) is 59.8 Å². The number of hydrogen-bond donors (Lipinski definition) is 1. The van der Waals surface area contributed by atoms with Crippen LogP contribution in [0.5, 0.6) is 0 Å². The Balaban J connectivity index is 2.15. The van der Waals surface area contributed by atoms with Crippen LogP contribution >= 0.6 is 11.3 Å². The van der Waals surface area contributed by atoms with Gasteiger partial charge < -0.3 is 5.32 Å². The highest BCUT2D eigenvalue weighted by Crippen LogP contribution is 2.22. The first-order valence-electron chi connectivity index (χ1n) is 7.02. The summed E-state index contributed by atoms with van der Waals surface area (Å²) in [6, 6.07) is 3.29. The van der Waals surface area contributed by atoms with E-state index >= 15 is 0 Å². The van der Waals surface area contributed by atoms with Gasteiger partial charge in [0.05, 0.1) is 0 Å². The second-order valence-corrected chi connectivity index (χ2v) is 5.46. The van der Waals surface area contributed by atoms with Crippen LogP contribution in [0.1, 0.15) is 33.1 Å². The number of unbranched alkanes of at least 4 members (excludes halogenated alkanes) is 1. The number of rotatable bonds is 7. The number of anilines is 1. The van der Waals surface area contributed by atoms with E-state index in [0.717, 1.165) is 42.3 Å². The monoisotopic (exact) mass is 292 g/mol. The molecular formula is C14H20N4OS. The Bertz CT molecular complexity index is 605. The molecule has 0 unspecified atom stereocenters. The van der Waals surface area contributed by atoms with Crippen molar-refractivity contribution in [2.45, 2.75) is 39.7 Å². The molecule has 2 rings (SSSR count). The van der Waals surface area contributed by atoms with E-state index in [2.05, 4.69) is 22.3 Å². The molecule has 0 saturated carbocycles. The van der Waals surface area contributed by atoms with Gasteiger partial charge in [-0.2, -0.15) is 5.10 Å². The van der Waals surface area contributed by atoms with Crippen molar-refractivity contribution < 1.29 is 0 Å². The molecule has 20 heavy (non-hydrogen) atoms. The quantitative estimate of drug-likeness (QED) is 0.797. The van der Waals surface area contributed by atoms with Gasteiger partial charge in [0.1, 0.15) is 11.4 Å². The van der Waals surface area contributed by atoms with Gasteiger partial charge in [0.25, 0.3) is 5.56 Å². The summed E-state index contributed by atoms with van der Waals surface area (Å²) in [4.78, 5) is 16.2. The molecule has 0 aliphatic carbocycles. The maximum Gasteiger partial charge on any atom is 0.266 e. The molecule has 0 saturated heterocycles. The lowest BCUT2D eigenvalue weighted by atomic mass is 10.3. The Morgan fingerprint density at radius 2 is 2.10 bits per heavy atom. The third kappa shape index (κ3) is 3.66. The van der Waals surface area contributed by atoms with Gasteiger partial charge >= 0.3 is 0 Å². The minimum absolute atomic E-state index is 0.0628. The molecule has 0 aromatic carbocycles. The SMILES string of the molecule is CCCCNc1nc(-c2ccc(=O)n(CCC)n2)cs1. The summed E-state index contributed by atoms with van der Waals surface area (Å²) in [5, 5.41) is 10.5. The van der Waals surface area contributed by atoms with E-state index in [-0.39, 0.29) is 5.56 Å². The molecule has 0 aliphatic heterocycles. The van der Waals surface area contributed by atoms with Gasteiger partial charge in [0, 0.05) is 24.5 Å². The fourth-order valence-electron chi connectivity index (χ4n) is 1.80. The minimum Gasteiger partial charge on any atom is -0.362 e. The summed E-state index contributed by atoms with van der Waals surface area (Å²) in [5.74, 6) is 0. The molecule has 2 aromatic heterocycles. The Hall–Kier alpha value is -1.69. The Morgan fingerprint density at radius 1 is 1.25 bits per heavy atom. The molecule has 0 amide bonds. The number of nitrogens with one attached hydrogen (secondary N) is 1. The van der Waals surface area contributed by atoms with Crippen molar-refractivity contribution in [3.05, 3.63) is 27.9 Å². The van der Waals surface area contributed by atoms with Gasteiger partial charge in [-0.25, -0.2) is 9.67 Å². The number of hydrogen-bond acceptors (Lipinski definition) is 5. The average molecular weight is 292 g/mol. The Labute approximate surface area is 122 Å². The molecule has 0 bridgehead atoms. The van der Waals surface area contributed by atoms with Crippen molar-refractivity contribution in [2.24, 2.45) is 0 Å². The maximum absolute atomic E-state index is 11.6. The van der Waals surface area contributed by atoms with Gasteiger partial charge in [-0.05, 0) is 18.9 Å². The van der Waals surface area contributed by atoms with Gasteiger partial charge in [-0.3, -0.25) is 4.79 Å². The lowest BCUT2D eigenvalue weighted by Gasteiger charge is -2.03. The van der Waals surface area contributed by atoms with E-state index in [9.17, 15) is 4.79 Å². The van der Waals surface area contributed by atoms with E-state index in [1.807, 2.05) is 12.3 Å². The van der Waals surface area contributed by atoms with E-state index in [1.165, 1.54) is 4.68 Å². The van der Waals surface area contributed by atoms with Crippen LogP contribution in [-0.4, -0.2) is 21.3 Å². The highest BCUT2D eigenvalue weighted by molar-refractivity contribution is 7.14. The summed E-state index contributed by atoms with van der Waals surface area (Å²) in [6.07, 6.45) is 3.18. The van der Waals surface area contributed by atoms with Crippen LogP contribution in [0, 0.1) is 0 Å². The normalized spacial score (nSPS) is 10.7. The zero-order chi connectivity index (χ0) is 14.4. The van der Waals surface area contributed by atoms with E-state index in [0.29, 0.717) is 6.54 Å². The van der Waals surface area contributed by atoms with Crippen molar-refractivity contribution in [3.63, 3.8) is 0 Å². The van der Waals surface area contributed by atoms with Crippen LogP contribution in [0.25, 0.3) is 11.4 Å². The molecule has 1 N–H and O–H groups in total. The lowest BCUT2D eigenvalue weighted by molar-refractivity contribution is 0.570. The third-order valence-corrected chi connectivity index (χ3v) is 3.68. The number of nitrogens with zero attached hydrogens (tertiary/aromatic N) is 3. The fraction of sp³-hybridized carbons (Fsp3) is 0.500. The molecule has 0 aliphatic rings. The summed E-state index contributed by atoms with van der Waals surface area (Å²) in [5.41, 5.74) is 1.50. The smallest absolute Gasteiger partial charge is 0.266 e. The largest absolute Gasteiger partial charge is 0.362 e. The Kier molecular flexibility index (Phi) is 5.29. The minimum atomic E-state index is -0.0628. The fourth-order valence-corrected chi connectivity index (χ4v) is 2.54. The standard InChI is InChI=1S/C14H20N4OS/c1-3-5-8-15-14-16-12(10-20-14)11-6-7-13(19)18(17-11)9-4-2/h6-7,10H,3-5,8-9H2,1-2H3,(H,15,16). The number of aryl methyl sites for hydroxylation is 1. The molecule has 2 aromatic rings. The zero-order valence-corrected chi connectivity index (χ0v) is 12.7. The van der Waals surface area contributed by atoms with Crippen LogP contribution in [0.3, 0.4) is 0 Å². The summed E-state index contributed by atoms with van der Waals surface area (Å²) in [6.45, 7) is 5.76. The molecule has 108 valence electrons. The summed E-state index contributed by atoms with van der Waals surface area (Å²) >= 11 is 1.57. The average Bonchev–Trinajstić information content (AvgIpc) is 2.91. The van der Waals surface area contributed by atoms with Crippen LogP contribution in [0.2, 0.25) is 0 Å². The van der Waals surface area contributed by atoms with Gasteiger partial charge in [0.15, 0.2) is 5.13 Å². The van der Waals surface area contributed by atoms with E-state index in [4.69, 9.17) is 0 Å². The van der Waals surface area contributed by atoms with E-state index < -0.39 is 0 Å². The predicted octanol–water partition coefficient (Wildman–Crippen LogP) is 2.99. The van der Waals surface area contributed by atoms with Crippen molar-refractivity contribution >= 4 is 16.5 Å². The molecular weight excluding hydrogens is 272 g/mol. The zero-order valence-electron chi connectivity index (χ0n) is 11.9. The summed E-state index contributed by atoms with van der Waals surface area (Å²) in [7, 11) is 0. The molecule has 0 atom stereocenters. The maximum atomic E-state index is 11.6. The van der Waals surface area contributed by atoms with Crippen molar-refractivity contribution in [1.82, 2.24) is 14.8 Å². The van der Waals surface area contributed by atoms with Crippen molar-refractivity contribution in [1.29, 1.82) is 0 Å². The first-order chi connectivity index (χ1) is 9.74. The highest BCUT2D eigenvalue weighted by Gasteiger charge is 2.07. The van der Waals surface area contributed by atoms with Crippen LogP contribution in [0.4, 0.5) is 5.13 Å². The highest BCUT2D eigenvalue weighted by atomic mass is 32.1.